The first kappa shape index (κ1) is 17.2. The lowest BCUT2D eigenvalue weighted by atomic mass is 10.2. The van der Waals surface area contributed by atoms with Crippen molar-refractivity contribution in [2.24, 2.45) is 5.73 Å². The summed E-state index contributed by atoms with van der Waals surface area (Å²) in [7, 11) is 0. The van der Waals surface area contributed by atoms with E-state index in [4.69, 9.17) is 5.73 Å². The van der Waals surface area contributed by atoms with Crippen LogP contribution in [-0.2, 0) is 4.79 Å². The molecule has 4 N–H and O–H groups in total. The number of anilines is 1. The second-order valence-electron chi connectivity index (χ2n) is 6.18. The third-order valence-corrected chi connectivity index (χ3v) is 5.57. The van der Waals surface area contributed by atoms with Gasteiger partial charge in [-0.05, 0) is 19.9 Å². The Balaban J connectivity index is 1.97. The van der Waals surface area contributed by atoms with Gasteiger partial charge in [0.25, 0.3) is 0 Å². The number of thioether (sulfide) groups is 1. The lowest BCUT2D eigenvalue weighted by Gasteiger charge is -2.33. The zero-order chi connectivity index (χ0) is 18.4. The zero-order valence-corrected chi connectivity index (χ0v) is 14.5. The number of nitrogens with two attached hydrogens (primary N) is 1. The van der Waals surface area contributed by atoms with E-state index in [1.54, 1.807) is 38.1 Å². The molecule has 1 aromatic heterocycles. The van der Waals surface area contributed by atoms with Crippen LogP contribution in [0.4, 0.5) is 15.3 Å². The number of aliphatic carboxylic acids is 1. The molecule has 132 valence electrons. The molecule has 0 radical (unpaired) electrons. The lowest BCUT2D eigenvalue weighted by molar-refractivity contribution is -0.141. The summed E-state index contributed by atoms with van der Waals surface area (Å²) in [6.07, 6.45) is 1.44. The average Bonchev–Trinajstić information content (AvgIpc) is 3.05. The number of nitrogens with zero attached hydrogens (tertiary/aromatic N) is 2. The Hall–Kier alpha value is -2.68. The number of fused-ring (bicyclic) bond motifs is 1. The first-order valence-electron chi connectivity index (χ1n) is 7.59. The minimum Gasteiger partial charge on any atom is -0.480 e. The molecule has 2 aromatic rings. The van der Waals surface area contributed by atoms with Gasteiger partial charge in [0.15, 0.2) is 0 Å². The van der Waals surface area contributed by atoms with E-state index in [1.165, 1.54) is 27.4 Å². The molecule has 1 aliphatic rings. The maximum absolute atomic E-state index is 12.8. The number of para-hydroxylation sites is 1. The normalized spacial score (nSPS) is 19.1. The van der Waals surface area contributed by atoms with E-state index in [9.17, 15) is 19.5 Å². The second-order valence-corrected chi connectivity index (χ2v) is 7.80. The summed E-state index contributed by atoms with van der Waals surface area (Å²) in [5.41, 5.74) is 6.34. The van der Waals surface area contributed by atoms with Crippen LogP contribution in [0.5, 0.6) is 0 Å². The van der Waals surface area contributed by atoms with Gasteiger partial charge in [-0.15, -0.1) is 11.8 Å². The number of nitrogens with one attached hydrogen (secondary N) is 1. The summed E-state index contributed by atoms with van der Waals surface area (Å²) in [6, 6.07) is 4.89. The minimum atomic E-state index is -1.05. The molecule has 1 saturated heterocycles. The molecular weight excluding hydrogens is 344 g/mol. The Kier molecular flexibility index (Phi) is 4.11. The summed E-state index contributed by atoms with van der Waals surface area (Å²) in [5.74, 6) is -0.730. The number of benzene rings is 1. The van der Waals surface area contributed by atoms with Crippen molar-refractivity contribution in [2.45, 2.75) is 24.8 Å². The lowest BCUT2D eigenvalue weighted by Crippen LogP contribution is -2.51. The number of carboxylic acid groups (broad SMARTS) is 1. The summed E-state index contributed by atoms with van der Waals surface area (Å²) in [4.78, 5) is 36.5. The van der Waals surface area contributed by atoms with Crippen molar-refractivity contribution in [3.05, 3.63) is 30.5 Å². The predicted octanol–water partition coefficient (Wildman–Crippen LogP) is 2.34. The molecule has 9 heteroatoms. The molecule has 0 saturated carbocycles. The standard InChI is InChI=1S/C16H18N4O4S/c1-16(2)20(12(8-25-16)13(21)22)15(24)18-10-7-19(14(17)23)11-6-4-3-5-9(10)11/h3-7,12H,8H2,1-2H3,(H2,17,23)(H,18,24)(H,21,22)/t12-/m0/s1. The summed E-state index contributed by atoms with van der Waals surface area (Å²) in [6.45, 7) is 3.60. The smallest absolute Gasteiger partial charge is 0.327 e. The molecule has 0 aliphatic carbocycles. The number of urea groups is 1. The van der Waals surface area contributed by atoms with Gasteiger partial charge in [-0.25, -0.2) is 14.4 Å². The summed E-state index contributed by atoms with van der Waals surface area (Å²) < 4.78 is 1.24. The fraction of sp³-hybridized carbons (Fsp3) is 0.312. The van der Waals surface area contributed by atoms with Crippen LogP contribution >= 0.6 is 11.8 Å². The number of hydrogen-bond acceptors (Lipinski definition) is 4. The number of carboxylic acids is 1. The van der Waals surface area contributed by atoms with Crippen LogP contribution in [0.1, 0.15) is 13.8 Å². The van der Waals surface area contributed by atoms with E-state index < -0.39 is 28.9 Å². The molecule has 0 spiro atoms. The number of rotatable bonds is 2. The second kappa shape index (κ2) is 5.99. The SMILES string of the molecule is CC1(C)SC[C@@H](C(=O)O)N1C(=O)Nc1cn(C(N)=O)c2ccccc12. The van der Waals surface area contributed by atoms with Gasteiger partial charge < -0.3 is 16.2 Å². The highest BCUT2D eigenvalue weighted by Gasteiger charge is 2.46. The number of carbonyl (C=O) groups is 3. The Bertz CT molecular complexity index is 876. The highest BCUT2D eigenvalue weighted by atomic mass is 32.2. The van der Waals surface area contributed by atoms with Crippen LogP contribution in [0.15, 0.2) is 30.5 Å². The average molecular weight is 362 g/mol. The van der Waals surface area contributed by atoms with Crippen LogP contribution in [0.3, 0.4) is 0 Å². The highest BCUT2D eigenvalue weighted by Crippen LogP contribution is 2.39. The summed E-state index contributed by atoms with van der Waals surface area (Å²) >= 11 is 1.40. The van der Waals surface area contributed by atoms with Gasteiger partial charge in [0.05, 0.1) is 16.1 Å². The Morgan fingerprint density at radius 2 is 2.00 bits per heavy atom. The van der Waals surface area contributed by atoms with Crippen LogP contribution < -0.4 is 11.1 Å². The molecule has 0 unspecified atom stereocenters. The largest absolute Gasteiger partial charge is 0.480 e. The van der Waals surface area contributed by atoms with Crippen LogP contribution in [-0.4, -0.2) is 49.3 Å². The van der Waals surface area contributed by atoms with E-state index in [0.717, 1.165) is 0 Å². The maximum atomic E-state index is 12.8. The fourth-order valence-electron chi connectivity index (χ4n) is 3.01. The molecule has 1 fully saturated rings. The van der Waals surface area contributed by atoms with Crippen molar-refractivity contribution in [1.82, 2.24) is 9.47 Å². The first-order valence-corrected chi connectivity index (χ1v) is 8.58. The molecule has 1 aliphatic heterocycles. The maximum Gasteiger partial charge on any atom is 0.327 e. The van der Waals surface area contributed by atoms with Gasteiger partial charge >= 0.3 is 18.0 Å². The number of amides is 3. The molecule has 2 heterocycles. The van der Waals surface area contributed by atoms with E-state index in [0.29, 0.717) is 22.3 Å². The van der Waals surface area contributed by atoms with Gasteiger partial charge in [-0.3, -0.25) is 9.47 Å². The number of aromatic nitrogens is 1. The Labute approximate surface area is 147 Å². The topological polar surface area (TPSA) is 118 Å². The number of carbonyl (C=O) groups excluding carboxylic acids is 2. The molecular formula is C16H18N4O4S. The molecule has 1 atom stereocenters. The van der Waals surface area contributed by atoms with E-state index in [-0.39, 0.29) is 0 Å². The first-order chi connectivity index (χ1) is 11.7. The molecule has 25 heavy (non-hydrogen) atoms. The van der Waals surface area contributed by atoms with Crippen LogP contribution in [0.2, 0.25) is 0 Å². The van der Waals surface area contributed by atoms with E-state index in [1.807, 2.05) is 0 Å². The fourth-order valence-corrected chi connectivity index (χ4v) is 4.21. The van der Waals surface area contributed by atoms with Crippen molar-refractivity contribution in [3.63, 3.8) is 0 Å². The third-order valence-electron chi connectivity index (χ3n) is 4.18. The summed E-state index contributed by atoms with van der Waals surface area (Å²) in [5, 5.41) is 12.7. The van der Waals surface area contributed by atoms with Crippen molar-refractivity contribution >= 4 is 46.4 Å². The predicted molar refractivity (Wildman–Crippen MR) is 95.7 cm³/mol. The van der Waals surface area contributed by atoms with Crippen molar-refractivity contribution in [3.8, 4) is 0 Å². The molecule has 3 rings (SSSR count). The highest BCUT2D eigenvalue weighted by molar-refractivity contribution is 8.00. The zero-order valence-electron chi connectivity index (χ0n) is 13.7. The van der Waals surface area contributed by atoms with Gasteiger partial charge in [0, 0.05) is 17.3 Å². The van der Waals surface area contributed by atoms with Crippen LogP contribution in [0, 0.1) is 0 Å². The monoisotopic (exact) mass is 362 g/mol. The van der Waals surface area contributed by atoms with E-state index in [2.05, 4.69) is 5.32 Å². The van der Waals surface area contributed by atoms with Gasteiger partial charge in [-0.2, -0.15) is 0 Å². The molecule has 3 amide bonds. The molecule has 0 bridgehead atoms. The molecule has 8 nitrogen and oxygen atoms in total. The van der Waals surface area contributed by atoms with Gasteiger partial charge in [-0.1, -0.05) is 18.2 Å². The Morgan fingerprint density at radius 3 is 2.64 bits per heavy atom. The van der Waals surface area contributed by atoms with Crippen molar-refractivity contribution < 1.29 is 19.5 Å². The van der Waals surface area contributed by atoms with Gasteiger partial charge in [0.2, 0.25) is 0 Å². The van der Waals surface area contributed by atoms with Crippen molar-refractivity contribution in [2.75, 3.05) is 11.1 Å². The third kappa shape index (κ3) is 2.91. The van der Waals surface area contributed by atoms with E-state index >= 15 is 0 Å². The Morgan fingerprint density at radius 1 is 1.32 bits per heavy atom. The van der Waals surface area contributed by atoms with Gasteiger partial charge in [0.1, 0.15) is 6.04 Å². The number of primary amides is 1. The number of hydrogen-bond donors (Lipinski definition) is 3. The minimum absolute atomic E-state index is 0.318. The van der Waals surface area contributed by atoms with Crippen molar-refractivity contribution in [1.29, 1.82) is 0 Å². The molecule has 1 aromatic carbocycles. The van der Waals surface area contributed by atoms with Crippen LogP contribution in [0.25, 0.3) is 10.9 Å². The quantitative estimate of drug-likeness (QED) is 0.758.